The first-order valence-corrected chi connectivity index (χ1v) is 6.13. The second-order valence-corrected chi connectivity index (χ2v) is 4.63. The van der Waals surface area contributed by atoms with Gasteiger partial charge in [-0.15, -0.1) is 0 Å². The lowest BCUT2D eigenvalue weighted by molar-refractivity contribution is 0.844. The Hall–Kier alpha value is -2.27. The fourth-order valence-electron chi connectivity index (χ4n) is 2.64. The number of hydrogen-bond acceptors (Lipinski definition) is 2. The van der Waals surface area contributed by atoms with Crippen LogP contribution in [0.25, 0.3) is 0 Å². The molecule has 2 heteroatoms. The molecule has 2 aromatic rings. The van der Waals surface area contributed by atoms with Crippen LogP contribution in [0.4, 0.5) is 11.4 Å². The number of fused-ring (bicyclic) bond motifs is 1. The molecule has 0 saturated carbocycles. The number of benzene rings is 2. The zero-order valence-electron chi connectivity index (χ0n) is 10.3. The zero-order chi connectivity index (χ0) is 12.5. The van der Waals surface area contributed by atoms with Gasteiger partial charge in [-0.1, -0.05) is 30.3 Å². The van der Waals surface area contributed by atoms with E-state index in [2.05, 4.69) is 48.2 Å². The van der Waals surface area contributed by atoms with Crippen molar-refractivity contribution in [1.29, 1.82) is 5.26 Å². The summed E-state index contributed by atoms with van der Waals surface area (Å²) in [5.41, 5.74) is 4.83. The molecule has 0 spiro atoms. The van der Waals surface area contributed by atoms with Crippen molar-refractivity contribution in [2.75, 3.05) is 4.90 Å². The molecule has 0 radical (unpaired) electrons. The van der Waals surface area contributed by atoms with Gasteiger partial charge in [-0.05, 0) is 36.2 Å². The van der Waals surface area contributed by atoms with Crippen LogP contribution < -0.4 is 4.90 Å². The SMILES string of the molecule is Cc1cccc2c1CC(C#N)N2c1ccccc1. The predicted molar refractivity (Wildman–Crippen MR) is 72.9 cm³/mol. The van der Waals surface area contributed by atoms with Gasteiger partial charge in [0.05, 0.1) is 6.07 Å². The normalized spacial score (nSPS) is 17.3. The van der Waals surface area contributed by atoms with Crippen molar-refractivity contribution in [3.63, 3.8) is 0 Å². The summed E-state index contributed by atoms with van der Waals surface area (Å²) >= 11 is 0. The minimum Gasteiger partial charge on any atom is -0.324 e. The van der Waals surface area contributed by atoms with Crippen molar-refractivity contribution in [3.05, 3.63) is 59.7 Å². The zero-order valence-corrected chi connectivity index (χ0v) is 10.3. The van der Waals surface area contributed by atoms with Gasteiger partial charge in [-0.3, -0.25) is 0 Å². The summed E-state index contributed by atoms with van der Waals surface area (Å²) in [6.45, 7) is 2.11. The molecule has 0 bridgehead atoms. The van der Waals surface area contributed by atoms with Gasteiger partial charge in [0.1, 0.15) is 6.04 Å². The van der Waals surface area contributed by atoms with Gasteiger partial charge < -0.3 is 4.90 Å². The molecular formula is C16H14N2. The van der Waals surface area contributed by atoms with E-state index >= 15 is 0 Å². The molecule has 0 aromatic heterocycles. The van der Waals surface area contributed by atoms with Crippen molar-refractivity contribution >= 4 is 11.4 Å². The molecule has 3 rings (SSSR count). The molecule has 1 heterocycles. The van der Waals surface area contributed by atoms with Gasteiger partial charge in [0, 0.05) is 17.8 Å². The van der Waals surface area contributed by atoms with E-state index in [1.807, 2.05) is 18.2 Å². The molecule has 2 aromatic carbocycles. The van der Waals surface area contributed by atoms with Crippen molar-refractivity contribution in [3.8, 4) is 6.07 Å². The van der Waals surface area contributed by atoms with Gasteiger partial charge in [-0.2, -0.15) is 5.26 Å². The lowest BCUT2D eigenvalue weighted by Crippen LogP contribution is -2.25. The maximum atomic E-state index is 9.37. The van der Waals surface area contributed by atoms with Crippen LogP contribution in [0.5, 0.6) is 0 Å². The second-order valence-electron chi connectivity index (χ2n) is 4.63. The summed E-state index contributed by atoms with van der Waals surface area (Å²) in [6.07, 6.45) is 0.813. The Labute approximate surface area is 107 Å². The molecule has 0 saturated heterocycles. The lowest BCUT2D eigenvalue weighted by Gasteiger charge is -2.23. The summed E-state index contributed by atoms with van der Waals surface area (Å²) in [4.78, 5) is 2.14. The first kappa shape index (κ1) is 10.9. The average molecular weight is 234 g/mol. The highest BCUT2D eigenvalue weighted by Crippen LogP contribution is 2.39. The third kappa shape index (κ3) is 1.56. The number of para-hydroxylation sites is 1. The number of aryl methyl sites for hydroxylation is 1. The van der Waals surface area contributed by atoms with Crippen LogP contribution in [0, 0.1) is 18.3 Å². The standard InChI is InChI=1S/C16H14N2/c1-12-6-5-9-16-15(12)10-14(11-17)18(16)13-7-3-2-4-8-13/h2-9,14H,10H2,1H3. The Balaban J connectivity index is 2.15. The average Bonchev–Trinajstić information content (AvgIpc) is 2.80. The topological polar surface area (TPSA) is 27.0 Å². The number of nitriles is 1. The Morgan fingerprint density at radius 1 is 1.11 bits per heavy atom. The number of nitrogens with zero attached hydrogens (tertiary/aromatic N) is 2. The highest BCUT2D eigenvalue weighted by Gasteiger charge is 2.30. The van der Waals surface area contributed by atoms with E-state index in [0.29, 0.717) is 0 Å². The summed E-state index contributed by atoms with van der Waals surface area (Å²) < 4.78 is 0. The van der Waals surface area contributed by atoms with E-state index in [1.54, 1.807) is 0 Å². The van der Waals surface area contributed by atoms with Gasteiger partial charge in [0.25, 0.3) is 0 Å². The number of hydrogen-bond donors (Lipinski definition) is 0. The highest BCUT2D eigenvalue weighted by molar-refractivity contribution is 5.73. The minimum absolute atomic E-state index is 0.0940. The third-order valence-electron chi connectivity index (χ3n) is 3.54. The van der Waals surface area contributed by atoms with Crippen LogP contribution in [0.1, 0.15) is 11.1 Å². The Morgan fingerprint density at radius 3 is 2.61 bits per heavy atom. The third-order valence-corrected chi connectivity index (χ3v) is 3.54. The Bertz CT molecular complexity index is 611. The molecule has 0 N–H and O–H groups in total. The minimum atomic E-state index is -0.0940. The van der Waals surface area contributed by atoms with E-state index in [-0.39, 0.29) is 6.04 Å². The molecule has 18 heavy (non-hydrogen) atoms. The van der Waals surface area contributed by atoms with Gasteiger partial charge in [0.15, 0.2) is 0 Å². The van der Waals surface area contributed by atoms with Gasteiger partial charge in [-0.25, -0.2) is 0 Å². The fraction of sp³-hybridized carbons (Fsp3) is 0.188. The molecule has 0 fully saturated rings. The summed E-state index contributed by atoms with van der Waals surface area (Å²) in [5.74, 6) is 0. The van der Waals surface area contributed by atoms with Gasteiger partial charge >= 0.3 is 0 Å². The quantitative estimate of drug-likeness (QED) is 0.754. The van der Waals surface area contributed by atoms with Crippen LogP contribution in [-0.4, -0.2) is 6.04 Å². The summed E-state index contributed by atoms with van der Waals surface area (Å²) in [6, 6.07) is 18.7. The lowest BCUT2D eigenvalue weighted by atomic mass is 10.1. The first-order chi connectivity index (χ1) is 8.81. The predicted octanol–water partition coefficient (Wildman–Crippen LogP) is 3.58. The van der Waals surface area contributed by atoms with E-state index in [9.17, 15) is 5.26 Å². The molecule has 1 unspecified atom stereocenters. The molecule has 1 atom stereocenters. The molecule has 2 nitrogen and oxygen atoms in total. The molecule has 88 valence electrons. The largest absolute Gasteiger partial charge is 0.324 e. The highest BCUT2D eigenvalue weighted by atomic mass is 15.2. The second kappa shape index (κ2) is 4.19. The number of rotatable bonds is 1. The van der Waals surface area contributed by atoms with Crippen LogP contribution >= 0.6 is 0 Å². The Kier molecular flexibility index (Phi) is 2.53. The maximum absolute atomic E-state index is 9.37. The van der Waals surface area contributed by atoms with Gasteiger partial charge in [0.2, 0.25) is 0 Å². The van der Waals surface area contributed by atoms with Crippen molar-refractivity contribution in [1.82, 2.24) is 0 Å². The number of anilines is 2. The van der Waals surface area contributed by atoms with E-state index in [4.69, 9.17) is 0 Å². The van der Waals surface area contributed by atoms with Crippen LogP contribution in [0.3, 0.4) is 0 Å². The van der Waals surface area contributed by atoms with E-state index < -0.39 is 0 Å². The van der Waals surface area contributed by atoms with E-state index in [0.717, 1.165) is 12.1 Å². The summed E-state index contributed by atoms with van der Waals surface area (Å²) in [5, 5.41) is 9.37. The van der Waals surface area contributed by atoms with Crippen LogP contribution in [0.2, 0.25) is 0 Å². The summed E-state index contributed by atoms with van der Waals surface area (Å²) in [7, 11) is 0. The van der Waals surface area contributed by atoms with Crippen molar-refractivity contribution < 1.29 is 0 Å². The van der Waals surface area contributed by atoms with E-state index in [1.165, 1.54) is 16.8 Å². The molecule has 1 aliphatic rings. The molecule has 1 aliphatic heterocycles. The monoisotopic (exact) mass is 234 g/mol. The Morgan fingerprint density at radius 2 is 1.89 bits per heavy atom. The fourth-order valence-corrected chi connectivity index (χ4v) is 2.64. The molecule has 0 amide bonds. The van der Waals surface area contributed by atoms with Crippen molar-refractivity contribution in [2.45, 2.75) is 19.4 Å². The molecular weight excluding hydrogens is 220 g/mol. The first-order valence-electron chi connectivity index (χ1n) is 6.13. The van der Waals surface area contributed by atoms with Crippen molar-refractivity contribution in [2.24, 2.45) is 0 Å². The molecule has 0 aliphatic carbocycles. The maximum Gasteiger partial charge on any atom is 0.125 e. The smallest absolute Gasteiger partial charge is 0.125 e. The van der Waals surface area contributed by atoms with Crippen LogP contribution in [-0.2, 0) is 6.42 Å². The van der Waals surface area contributed by atoms with Crippen LogP contribution in [0.15, 0.2) is 48.5 Å².